The monoisotopic (exact) mass is 364 g/mol. The van der Waals surface area contributed by atoms with Gasteiger partial charge in [-0.05, 0) is 36.6 Å². The molecule has 0 radical (unpaired) electrons. The number of amides is 1. The first-order valence-corrected chi connectivity index (χ1v) is 8.35. The Hall–Kier alpha value is -2.41. The maximum absolute atomic E-state index is 13.1. The molecule has 0 bridgehead atoms. The second kappa shape index (κ2) is 7.45. The maximum atomic E-state index is 13.1. The van der Waals surface area contributed by atoms with Gasteiger partial charge in [0.2, 0.25) is 5.91 Å². The molecule has 7 heteroatoms. The van der Waals surface area contributed by atoms with E-state index in [1.807, 2.05) is 6.07 Å². The molecule has 4 nitrogen and oxygen atoms in total. The van der Waals surface area contributed by atoms with Gasteiger partial charge in [-0.3, -0.25) is 9.78 Å². The number of hydrogen-bond acceptors (Lipinski definition) is 3. The van der Waals surface area contributed by atoms with Gasteiger partial charge in [-0.15, -0.1) is 0 Å². The van der Waals surface area contributed by atoms with Crippen molar-refractivity contribution in [1.82, 2.24) is 10.3 Å². The van der Waals surface area contributed by atoms with E-state index in [1.165, 1.54) is 6.07 Å². The SMILES string of the molecule is O=C(NCc1ccccn1)C1(c2cccc(C(F)(F)F)c2)CCOCC1. The second-order valence-corrected chi connectivity index (χ2v) is 6.28. The van der Waals surface area contributed by atoms with E-state index in [2.05, 4.69) is 10.3 Å². The third kappa shape index (κ3) is 3.88. The third-order valence-corrected chi connectivity index (χ3v) is 4.68. The van der Waals surface area contributed by atoms with E-state index in [0.717, 1.165) is 12.1 Å². The predicted octanol–water partition coefficient (Wildman–Crippen LogP) is 3.47. The summed E-state index contributed by atoms with van der Waals surface area (Å²) in [5.41, 5.74) is -0.728. The molecule has 138 valence electrons. The molecule has 1 aromatic heterocycles. The van der Waals surface area contributed by atoms with Crippen LogP contribution >= 0.6 is 0 Å². The molecule has 0 spiro atoms. The Morgan fingerprint density at radius 2 is 1.92 bits per heavy atom. The Kier molecular flexibility index (Phi) is 5.27. The zero-order valence-corrected chi connectivity index (χ0v) is 14.1. The number of pyridine rings is 1. The first-order chi connectivity index (χ1) is 12.4. The highest BCUT2D eigenvalue weighted by atomic mass is 19.4. The van der Waals surface area contributed by atoms with Crippen molar-refractivity contribution in [2.24, 2.45) is 0 Å². The number of halogens is 3. The second-order valence-electron chi connectivity index (χ2n) is 6.28. The molecule has 1 N–H and O–H groups in total. The van der Waals surface area contributed by atoms with Crippen molar-refractivity contribution in [3.05, 3.63) is 65.5 Å². The summed E-state index contributed by atoms with van der Waals surface area (Å²) in [6.07, 6.45) is -2.16. The molecule has 1 aliphatic heterocycles. The number of benzene rings is 1. The number of nitrogens with zero attached hydrogens (tertiary/aromatic N) is 1. The van der Waals surface area contributed by atoms with E-state index in [9.17, 15) is 18.0 Å². The number of aromatic nitrogens is 1. The number of rotatable bonds is 4. The number of hydrogen-bond donors (Lipinski definition) is 1. The minimum atomic E-state index is -4.45. The summed E-state index contributed by atoms with van der Waals surface area (Å²) in [4.78, 5) is 17.1. The fourth-order valence-corrected chi connectivity index (χ4v) is 3.20. The summed E-state index contributed by atoms with van der Waals surface area (Å²) >= 11 is 0. The van der Waals surface area contributed by atoms with Crippen LogP contribution in [0, 0.1) is 0 Å². The summed E-state index contributed by atoms with van der Waals surface area (Å²) in [6, 6.07) is 10.4. The largest absolute Gasteiger partial charge is 0.416 e. The van der Waals surface area contributed by atoms with Crippen LogP contribution in [0.1, 0.15) is 29.7 Å². The molecule has 2 aromatic rings. The molecular weight excluding hydrogens is 345 g/mol. The van der Waals surface area contributed by atoms with Crippen molar-refractivity contribution in [2.75, 3.05) is 13.2 Å². The smallest absolute Gasteiger partial charge is 0.381 e. The summed E-state index contributed by atoms with van der Waals surface area (Å²) in [6.45, 7) is 0.877. The average Bonchev–Trinajstić information content (AvgIpc) is 2.67. The Morgan fingerprint density at radius 1 is 1.15 bits per heavy atom. The van der Waals surface area contributed by atoms with E-state index in [0.29, 0.717) is 37.3 Å². The fraction of sp³-hybridized carbons (Fsp3) is 0.368. The van der Waals surface area contributed by atoms with Gasteiger partial charge >= 0.3 is 6.18 Å². The van der Waals surface area contributed by atoms with Gasteiger partial charge in [-0.25, -0.2) is 0 Å². The van der Waals surface area contributed by atoms with Gasteiger partial charge < -0.3 is 10.1 Å². The normalized spacial score (nSPS) is 16.9. The van der Waals surface area contributed by atoms with Crippen LogP contribution < -0.4 is 5.32 Å². The highest BCUT2D eigenvalue weighted by molar-refractivity contribution is 5.88. The van der Waals surface area contributed by atoms with Gasteiger partial charge in [0, 0.05) is 19.4 Å². The number of nitrogens with one attached hydrogen (secondary N) is 1. The topological polar surface area (TPSA) is 51.2 Å². The lowest BCUT2D eigenvalue weighted by Crippen LogP contribution is -2.48. The summed E-state index contributed by atoms with van der Waals surface area (Å²) in [7, 11) is 0. The first-order valence-electron chi connectivity index (χ1n) is 8.35. The highest BCUT2D eigenvalue weighted by Crippen LogP contribution is 2.38. The Labute approximate surface area is 149 Å². The molecular formula is C19H19F3N2O2. The van der Waals surface area contributed by atoms with Crippen LogP contribution in [0.25, 0.3) is 0 Å². The van der Waals surface area contributed by atoms with Crippen LogP contribution in [0.5, 0.6) is 0 Å². The van der Waals surface area contributed by atoms with Crippen molar-refractivity contribution in [1.29, 1.82) is 0 Å². The maximum Gasteiger partial charge on any atom is 0.416 e. The highest BCUT2D eigenvalue weighted by Gasteiger charge is 2.43. The van der Waals surface area contributed by atoms with E-state index in [4.69, 9.17) is 4.74 Å². The molecule has 3 rings (SSSR count). The van der Waals surface area contributed by atoms with Crippen LogP contribution in [0.2, 0.25) is 0 Å². The molecule has 26 heavy (non-hydrogen) atoms. The van der Waals surface area contributed by atoms with Crippen molar-refractivity contribution in [2.45, 2.75) is 31.0 Å². The van der Waals surface area contributed by atoms with Crippen molar-refractivity contribution in [3.8, 4) is 0 Å². The molecule has 1 fully saturated rings. The lowest BCUT2D eigenvalue weighted by atomic mass is 9.73. The quantitative estimate of drug-likeness (QED) is 0.904. The minimum absolute atomic E-state index is 0.223. The molecule has 1 saturated heterocycles. The van der Waals surface area contributed by atoms with Crippen LogP contribution in [0.15, 0.2) is 48.7 Å². The molecule has 1 aromatic carbocycles. The lowest BCUT2D eigenvalue weighted by molar-refractivity contribution is -0.138. The molecule has 0 atom stereocenters. The molecule has 0 unspecified atom stereocenters. The number of alkyl halides is 3. The van der Waals surface area contributed by atoms with Gasteiger partial charge in [0.15, 0.2) is 0 Å². The van der Waals surface area contributed by atoms with E-state index in [-0.39, 0.29) is 12.5 Å². The molecule has 2 heterocycles. The van der Waals surface area contributed by atoms with Crippen LogP contribution in [0.3, 0.4) is 0 Å². The zero-order valence-electron chi connectivity index (χ0n) is 14.1. The van der Waals surface area contributed by atoms with E-state index < -0.39 is 17.2 Å². The van der Waals surface area contributed by atoms with Gasteiger partial charge in [0.1, 0.15) is 0 Å². The van der Waals surface area contributed by atoms with Crippen LogP contribution in [-0.4, -0.2) is 24.1 Å². The first kappa shape index (κ1) is 18.4. The standard InChI is InChI=1S/C19H19F3N2O2/c20-19(21,22)15-5-3-4-14(12-15)18(7-10-26-11-8-18)17(25)24-13-16-6-1-2-9-23-16/h1-6,9,12H,7-8,10-11,13H2,(H,24,25). The average molecular weight is 364 g/mol. The van der Waals surface area contributed by atoms with Crippen molar-refractivity contribution < 1.29 is 22.7 Å². The van der Waals surface area contributed by atoms with E-state index >= 15 is 0 Å². The Balaban J connectivity index is 1.88. The number of carbonyl (C=O) groups is 1. The van der Waals surface area contributed by atoms with Gasteiger partial charge in [-0.1, -0.05) is 24.3 Å². The number of ether oxygens (including phenoxy) is 1. The summed E-state index contributed by atoms with van der Waals surface area (Å²) in [5, 5.41) is 2.83. The Morgan fingerprint density at radius 3 is 2.58 bits per heavy atom. The van der Waals surface area contributed by atoms with E-state index in [1.54, 1.807) is 24.4 Å². The zero-order chi connectivity index (χ0) is 18.6. The number of carbonyl (C=O) groups excluding carboxylic acids is 1. The summed E-state index contributed by atoms with van der Waals surface area (Å²) in [5.74, 6) is -0.300. The molecule has 0 aliphatic carbocycles. The Bertz CT molecular complexity index is 757. The molecule has 1 amide bonds. The van der Waals surface area contributed by atoms with Crippen LogP contribution in [-0.2, 0) is 27.7 Å². The minimum Gasteiger partial charge on any atom is -0.381 e. The third-order valence-electron chi connectivity index (χ3n) is 4.68. The predicted molar refractivity (Wildman–Crippen MR) is 89.3 cm³/mol. The lowest BCUT2D eigenvalue weighted by Gasteiger charge is -2.36. The molecule has 1 aliphatic rings. The van der Waals surface area contributed by atoms with Crippen molar-refractivity contribution in [3.63, 3.8) is 0 Å². The fourth-order valence-electron chi connectivity index (χ4n) is 3.20. The molecule has 0 saturated carbocycles. The van der Waals surface area contributed by atoms with Crippen LogP contribution in [0.4, 0.5) is 13.2 Å². The van der Waals surface area contributed by atoms with Gasteiger partial charge in [0.05, 0.1) is 23.2 Å². The van der Waals surface area contributed by atoms with Gasteiger partial charge in [0.25, 0.3) is 0 Å². The van der Waals surface area contributed by atoms with Crippen molar-refractivity contribution >= 4 is 5.91 Å². The summed E-state index contributed by atoms with van der Waals surface area (Å²) < 4.78 is 44.6. The van der Waals surface area contributed by atoms with Gasteiger partial charge in [-0.2, -0.15) is 13.2 Å².